The molecule has 0 bridgehead atoms. The Morgan fingerprint density at radius 3 is 2.32 bits per heavy atom. The lowest BCUT2D eigenvalue weighted by Crippen LogP contribution is -2.39. The van der Waals surface area contributed by atoms with E-state index >= 15 is 0 Å². The molecule has 0 aliphatic carbocycles. The molecule has 0 fully saturated rings. The van der Waals surface area contributed by atoms with Crippen molar-refractivity contribution in [1.82, 2.24) is 15.0 Å². The highest BCUT2D eigenvalue weighted by molar-refractivity contribution is 7.99. The van der Waals surface area contributed by atoms with Crippen molar-refractivity contribution in [2.24, 2.45) is 0 Å². The lowest BCUT2D eigenvalue weighted by molar-refractivity contribution is -0.0972. The Hall–Kier alpha value is -2.44. The number of halogens is 3. The fourth-order valence-electron chi connectivity index (χ4n) is 3.10. The summed E-state index contributed by atoms with van der Waals surface area (Å²) in [7, 11) is 0. The fourth-order valence-corrected chi connectivity index (χ4v) is 4.20. The number of aliphatic hydroxyl groups excluding tert-OH is 3. The van der Waals surface area contributed by atoms with Crippen molar-refractivity contribution in [3.63, 3.8) is 0 Å². The highest BCUT2D eigenvalue weighted by Gasteiger charge is 2.28. The van der Waals surface area contributed by atoms with Gasteiger partial charge in [-0.25, -0.2) is 17.9 Å². The molecule has 3 aromatic rings. The SMILES string of the molecule is Cc1ccc(SC(OC(CO)[C@@H](C)O)[C@@H](O)Cn2cc(-c3cc(F)c(F)c(F)c3)nn2)cc1C. The molecule has 0 spiro atoms. The van der Waals surface area contributed by atoms with Gasteiger partial charge in [-0.15, -0.1) is 5.10 Å². The summed E-state index contributed by atoms with van der Waals surface area (Å²) in [5.41, 5.74) is 1.32. The zero-order valence-corrected chi connectivity index (χ0v) is 19.6. The number of ether oxygens (including phenoxy) is 1. The number of nitrogens with zero attached hydrogens (tertiary/aromatic N) is 3. The van der Waals surface area contributed by atoms with Gasteiger partial charge in [0.2, 0.25) is 0 Å². The van der Waals surface area contributed by atoms with Crippen molar-refractivity contribution in [3.8, 4) is 11.3 Å². The normalized spacial score (nSPS) is 15.2. The van der Waals surface area contributed by atoms with E-state index in [-0.39, 0.29) is 17.8 Å². The molecule has 0 saturated heterocycles. The molecule has 2 aromatic carbocycles. The molecule has 2 unspecified atom stereocenters. The molecule has 34 heavy (non-hydrogen) atoms. The highest BCUT2D eigenvalue weighted by Crippen LogP contribution is 2.30. The maximum atomic E-state index is 13.6. The van der Waals surface area contributed by atoms with Gasteiger partial charge in [-0.2, -0.15) is 0 Å². The zero-order valence-electron chi connectivity index (χ0n) is 18.8. The summed E-state index contributed by atoms with van der Waals surface area (Å²) in [5.74, 6) is -4.28. The predicted molar refractivity (Wildman–Crippen MR) is 121 cm³/mol. The van der Waals surface area contributed by atoms with Crippen LogP contribution in [0.15, 0.2) is 41.4 Å². The maximum absolute atomic E-state index is 13.6. The van der Waals surface area contributed by atoms with Crippen LogP contribution in [0.2, 0.25) is 0 Å². The molecule has 11 heteroatoms. The van der Waals surface area contributed by atoms with E-state index in [0.29, 0.717) is 0 Å². The van der Waals surface area contributed by atoms with Crippen molar-refractivity contribution < 1.29 is 33.2 Å². The first-order chi connectivity index (χ1) is 16.1. The summed E-state index contributed by atoms with van der Waals surface area (Å²) in [4.78, 5) is 0.811. The third kappa shape index (κ3) is 6.36. The van der Waals surface area contributed by atoms with Crippen LogP contribution in [0.25, 0.3) is 11.3 Å². The van der Waals surface area contributed by atoms with Crippen molar-refractivity contribution >= 4 is 11.8 Å². The number of thioether (sulfide) groups is 1. The van der Waals surface area contributed by atoms with Gasteiger partial charge in [-0.1, -0.05) is 23.0 Å². The van der Waals surface area contributed by atoms with Gasteiger partial charge in [0.25, 0.3) is 0 Å². The van der Waals surface area contributed by atoms with Gasteiger partial charge in [0.05, 0.1) is 25.5 Å². The van der Waals surface area contributed by atoms with Gasteiger partial charge >= 0.3 is 0 Å². The average Bonchev–Trinajstić information content (AvgIpc) is 3.25. The van der Waals surface area contributed by atoms with Crippen molar-refractivity contribution in [3.05, 3.63) is 65.1 Å². The largest absolute Gasteiger partial charge is 0.394 e. The number of aryl methyl sites for hydroxylation is 2. The molecule has 4 atom stereocenters. The number of hydrogen-bond acceptors (Lipinski definition) is 7. The minimum absolute atomic E-state index is 0.0103. The predicted octanol–water partition coefficient (Wildman–Crippen LogP) is 3.22. The number of rotatable bonds is 10. The molecule has 0 radical (unpaired) electrons. The summed E-state index contributed by atoms with van der Waals surface area (Å²) < 4.78 is 47.4. The summed E-state index contributed by atoms with van der Waals surface area (Å²) in [6, 6.07) is 7.35. The van der Waals surface area contributed by atoms with E-state index in [1.54, 1.807) is 0 Å². The molecule has 1 heterocycles. The third-order valence-electron chi connectivity index (χ3n) is 5.26. The van der Waals surface area contributed by atoms with Gasteiger partial charge in [0.1, 0.15) is 23.3 Å². The summed E-state index contributed by atoms with van der Waals surface area (Å²) in [6.07, 6.45) is -1.74. The van der Waals surface area contributed by atoms with Crippen molar-refractivity contribution in [2.75, 3.05) is 6.61 Å². The van der Waals surface area contributed by atoms with E-state index in [9.17, 15) is 28.5 Å². The zero-order chi connectivity index (χ0) is 25.0. The Balaban J connectivity index is 1.80. The molecule has 3 N–H and O–H groups in total. The van der Waals surface area contributed by atoms with Crippen LogP contribution in [0, 0.1) is 31.3 Å². The van der Waals surface area contributed by atoms with Crippen molar-refractivity contribution in [1.29, 1.82) is 0 Å². The number of hydrogen-bond donors (Lipinski definition) is 3. The van der Waals surface area contributed by atoms with E-state index in [1.165, 1.54) is 29.6 Å². The molecule has 0 saturated carbocycles. The van der Waals surface area contributed by atoms with Gasteiger partial charge in [-0.3, -0.25) is 0 Å². The molecule has 184 valence electrons. The van der Waals surface area contributed by atoms with Crippen LogP contribution in [0.3, 0.4) is 0 Å². The lowest BCUT2D eigenvalue weighted by Gasteiger charge is -2.28. The maximum Gasteiger partial charge on any atom is 0.194 e. The van der Waals surface area contributed by atoms with E-state index in [1.807, 2.05) is 32.0 Å². The minimum atomic E-state index is -1.58. The van der Waals surface area contributed by atoms with E-state index in [2.05, 4.69) is 10.3 Å². The van der Waals surface area contributed by atoms with Gasteiger partial charge < -0.3 is 20.1 Å². The summed E-state index contributed by atoms with van der Waals surface area (Å²) >= 11 is 1.21. The van der Waals surface area contributed by atoms with Crippen LogP contribution in [0.1, 0.15) is 18.1 Å². The minimum Gasteiger partial charge on any atom is -0.394 e. The first kappa shape index (κ1) is 26.2. The average molecular weight is 498 g/mol. The second kappa shape index (κ2) is 11.3. The van der Waals surface area contributed by atoms with Crippen LogP contribution >= 0.6 is 11.8 Å². The topological polar surface area (TPSA) is 101 Å². The Labute approximate surface area is 199 Å². The van der Waals surface area contributed by atoms with E-state index < -0.39 is 47.8 Å². The Morgan fingerprint density at radius 2 is 1.74 bits per heavy atom. The summed E-state index contributed by atoms with van der Waals surface area (Å²) in [5, 5.41) is 38.1. The number of benzene rings is 2. The molecule has 0 aliphatic rings. The Bertz CT molecular complexity index is 1110. The highest BCUT2D eigenvalue weighted by atomic mass is 32.2. The monoisotopic (exact) mass is 497 g/mol. The second-order valence-electron chi connectivity index (χ2n) is 7.98. The molecular formula is C23H26F3N3O4S. The van der Waals surface area contributed by atoms with Gasteiger partial charge in [0.15, 0.2) is 17.5 Å². The fraction of sp³-hybridized carbons (Fsp3) is 0.391. The van der Waals surface area contributed by atoms with E-state index in [0.717, 1.165) is 28.2 Å². The van der Waals surface area contributed by atoms with Gasteiger partial charge in [0, 0.05) is 10.5 Å². The van der Waals surface area contributed by atoms with Crippen LogP contribution < -0.4 is 0 Å². The Kier molecular flexibility index (Phi) is 8.72. The summed E-state index contributed by atoms with van der Waals surface area (Å²) in [6.45, 7) is 4.83. The van der Waals surface area contributed by atoms with E-state index in [4.69, 9.17) is 4.74 Å². The van der Waals surface area contributed by atoms with Crippen LogP contribution in [-0.2, 0) is 11.3 Å². The molecule has 7 nitrogen and oxygen atoms in total. The molecular weight excluding hydrogens is 471 g/mol. The first-order valence-electron chi connectivity index (χ1n) is 10.5. The third-order valence-corrected chi connectivity index (χ3v) is 6.45. The first-order valence-corrected chi connectivity index (χ1v) is 11.4. The quantitative estimate of drug-likeness (QED) is 0.225. The van der Waals surface area contributed by atoms with Crippen LogP contribution in [0.5, 0.6) is 0 Å². The molecule has 1 aromatic heterocycles. The van der Waals surface area contributed by atoms with Crippen LogP contribution in [-0.4, -0.2) is 60.7 Å². The molecule has 0 aliphatic heterocycles. The smallest absolute Gasteiger partial charge is 0.194 e. The number of aliphatic hydroxyl groups is 3. The standard InChI is InChI=1S/C23H26F3N3O4S/c1-12-4-5-16(6-13(12)2)34-23(33-21(11-30)14(3)31)20(32)10-29-9-19(27-28-29)15-7-17(24)22(26)18(25)8-15/h4-9,14,20-21,23,30-32H,10-11H2,1-3H3/t14-,20+,21?,23?/m1/s1. The van der Waals surface area contributed by atoms with Crippen molar-refractivity contribution in [2.45, 2.75) is 56.0 Å². The van der Waals surface area contributed by atoms with Crippen LogP contribution in [0.4, 0.5) is 13.2 Å². The lowest BCUT2D eigenvalue weighted by atomic mass is 10.1. The second-order valence-corrected chi connectivity index (χ2v) is 9.15. The number of aromatic nitrogens is 3. The van der Waals surface area contributed by atoms with Gasteiger partial charge in [-0.05, 0) is 56.2 Å². The molecule has 3 rings (SSSR count). The molecule has 0 amide bonds. The Morgan fingerprint density at radius 1 is 1.06 bits per heavy atom.